The molecular weight excluding hydrogens is 318 g/mol. The lowest BCUT2D eigenvalue weighted by atomic mass is 10.3. The maximum Gasteiger partial charge on any atom is 0.324 e. The van der Waals surface area contributed by atoms with Crippen LogP contribution in [0.1, 0.15) is 6.92 Å². The number of thioether (sulfide) groups is 1. The fourth-order valence-electron chi connectivity index (χ4n) is 1.80. The second-order valence-electron chi connectivity index (χ2n) is 4.58. The van der Waals surface area contributed by atoms with Gasteiger partial charge in [0.05, 0.1) is 18.1 Å². The molecule has 0 amide bonds. The van der Waals surface area contributed by atoms with Crippen LogP contribution in [0.4, 0.5) is 5.69 Å². The van der Waals surface area contributed by atoms with Crippen molar-refractivity contribution in [3.05, 3.63) is 58.6 Å². The molecule has 23 heavy (non-hydrogen) atoms. The number of hydrogen-bond donors (Lipinski definition) is 0. The van der Waals surface area contributed by atoms with Crippen LogP contribution in [0, 0.1) is 10.1 Å². The number of nitro groups is 1. The van der Waals surface area contributed by atoms with E-state index in [0.717, 1.165) is 4.90 Å². The monoisotopic (exact) mass is 333 g/mol. The van der Waals surface area contributed by atoms with Gasteiger partial charge >= 0.3 is 11.7 Å². The first-order chi connectivity index (χ1) is 11.0. The predicted octanol–water partition coefficient (Wildman–Crippen LogP) is 3.69. The van der Waals surface area contributed by atoms with Crippen LogP contribution in [0.5, 0.6) is 11.5 Å². The maximum atomic E-state index is 12.1. The molecule has 0 heterocycles. The fraction of sp³-hybridized carbons (Fsp3) is 0.188. The summed E-state index contributed by atoms with van der Waals surface area (Å²) >= 11 is 1.32. The van der Waals surface area contributed by atoms with E-state index in [9.17, 15) is 14.9 Å². The molecule has 6 nitrogen and oxygen atoms in total. The molecule has 0 radical (unpaired) electrons. The van der Waals surface area contributed by atoms with E-state index in [1.807, 2.05) is 30.3 Å². The summed E-state index contributed by atoms with van der Waals surface area (Å²) in [5.74, 6) is -0.323. The lowest BCUT2D eigenvalue weighted by molar-refractivity contribution is -0.385. The van der Waals surface area contributed by atoms with E-state index in [4.69, 9.17) is 9.47 Å². The molecule has 2 aromatic rings. The third-order valence-electron chi connectivity index (χ3n) is 2.96. The molecule has 0 saturated heterocycles. The van der Waals surface area contributed by atoms with Crippen molar-refractivity contribution in [2.45, 2.75) is 17.1 Å². The summed E-state index contributed by atoms with van der Waals surface area (Å²) in [4.78, 5) is 23.5. The Balaban J connectivity index is 2.12. The average molecular weight is 333 g/mol. The van der Waals surface area contributed by atoms with Crippen LogP contribution in [0.15, 0.2) is 53.4 Å². The smallest absolute Gasteiger partial charge is 0.324 e. The minimum atomic E-state index is -0.611. The number of benzene rings is 2. The van der Waals surface area contributed by atoms with Gasteiger partial charge in [-0.05, 0) is 31.2 Å². The highest BCUT2D eigenvalue weighted by Crippen LogP contribution is 2.32. The maximum absolute atomic E-state index is 12.1. The standard InChI is InChI=1S/C16H15NO5S/c1-11(23-13-6-4-3-5-7-13)16(18)22-15-9-8-12(21-2)10-14(15)17(19)20/h3-11H,1-2H3. The molecule has 0 bridgehead atoms. The molecule has 1 unspecified atom stereocenters. The zero-order valence-electron chi connectivity index (χ0n) is 12.6. The Morgan fingerprint density at radius 3 is 2.52 bits per heavy atom. The normalized spacial score (nSPS) is 11.6. The second kappa shape index (κ2) is 7.64. The number of rotatable bonds is 6. The van der Waals surface area contributed by atoms with Gasteiger partial charge in [0.25, 0.3) is 0 Å². The molecule has 0 aliphatic rings. The van der Waals surface area contributed by atoms with E-state index < -0.39 is 16.1 Å². The SMILES string of the molecule is COc1ccc(OC(=O)C(C)Sc2ccccc2)c([N+](=O)[O-])c1. The molecule has 0 aromatic heterocycles. The highest BCUT2D eigenvalue weighted by atomic mass is 32.2. The van der Waals surface area contributed by atoms with E-state index in [1.165, 1.54) is 37.1 Å². The van der Waals surface area contributed by atoms with Crippen LogP contribution in [-0.2, 0) is 4.79 Å². The summed E-state index contributed by atoms with van der Waals surface area (Å²) in [5, 5.41) is 10.6. The molecule has 0 fully saturated rings. The Bertz CT molecular complexity index is 705. The van der Waals surface area contributed by atoms with Crippen molar-refractivity contribution in [1.82, 2.24) is 0 Å². The number of esters is 1. The highest BCUT2D eigenvalue weighted by Gasteiger charge is 2.23. The van der Waals surface area contributed by atoms with Gasteiger partial charge in [-0.15, -0.1) is 11.8 Å². The summed E-state index contributed by atoms with van der Waals surface area (Å²) < 4.78 is 10.1. The van der Waals surface area contributed by atoms with Crippen molar-refractivity contribution in [3.8, 4) is 11.5 Å². The molecule has 0 saturated carbocycles. The number of methoxy groups -OCH3 is 1. The lowest BCUT2D eigenvalue weighted by Crippen LogP contribution is -2.20. The summed E-state index contributed by atoms with van der Waals surface area (Å²) in [6, 6.07) is 13.5. The Labute approximate surface area is 137 Å². The van der Waals surface area contributed by atoms with Crippen molar-refractivity contribution >= 4 is 23.4 Å². The second-order valence-corrected chi connectivity index (χ2v) is 6.00. The molecule has 0 N–H and O–H groups in total. The zero-order valence-corrected chi connectivity index (χ0v) is 13.4. The molecule has 7 heteroatoms. The molecule has 0 aliphatic heterocycles. The van der Waals surface area contributed by atoms with E-state index in [0.29, 0.717) is 5.75 Å². The molecule has 120 valence electrons. The van der Waals surface area contributed by atoms with Gasteiger partial charge in [-0.1, -0.05) is 18.2 Å². The lowest BCUT2D eigenvalue weighted by Gasteiger charge is -2.11. The topological polar surface area (TPSA) is 78.7 Å². The van der Waals surface area contributed by atoms with Gasteiger partial charge in [-0.3, -0.25) is 14.9 Å². The predicted molar refractivity (Wildman–Crippen MR) is 87.0 cm³/mol. The summed E-state index contributed by atoms with van der Waals surface area (Å²) in [6.45, 7) is 1.69. The minimum absolute atomic E-state index is 0.0960. The van der Waals surface area contributed by atoms with Gasteiger partial charge < -0.3 is 9.47 Å². The first-order valence-electron chi connectivity index (χ1n) is 6.77. The van der Waals surface area contributed by atoms with Gasteiger partial charge in [0.15, 0.2) is 0 Å². The number of nitro benzene ring substituents is 1. The van der Waals surface area contributed by atoms with Crippen molar-refractivity contribution in [2.24, 2.45) is 0 Å². The van der Waals surface area contributed by atoms with Crippen LogP contribution in [0.25, 0.3) is 0 Å². The van der Waals surface area contributed by atoms with Crippen molar-refractivity contribution in [3.63, 3.8) is 0 Å². The number of carbonyl (C=O) groups is 1. The molecule has 2 rings (SSSR count). The minimum Gasteiger partial charge on any atom is -0.496 e. The third kappa shape index (κ3) is 4.46. The van der Waals surface area contributed by atoms with Crippen LogP contribution >= 0.6 is 11.8 Å². The van der Waals surface area contributed by atoms with E-state index in [-0.39, 0.29) is 11.4 Å². The van der Waals surface area contributed by atoms with E-state index in [1.54, 1.807) is 6.92 Å². The van der Waals surface area contributed by atoms with Crippen LogP contribution in [0.3, 0.4) is 0 Å². The summed E-state index contributed by atoms with van der Waals surface area (Å²) in [6.07, 6.45) is 0. The van der Waals surface area contributed by atoms with Crippen molar-refractivity contribution in [2.75, 3.05) is 7.11 Å². The highest BCUT2D eigenvalue weighted by molar-refractivity contribution is 8.00. The Hall–Kier alpha value is -2.54. The number of hydrogen-bond acceptors (Lipinski definition) is 6. The molecule has 2 aromatic carbocycles. The van der Waals surface area contributed by atoms with E-state index >= 15 is 0 Å². The first-order valence-corrected chi connectivity index (χ1v) is 7.65. The van der Waals surface area contributed by atoms with Gasteiger partial charge in [-0.2, -0.15) is 0 Å². The number of ether oxygens (including phenoxy) is 2. The van der Waals surface area contributed by atoms with Crippen LogP contribution < -0.4 is 9.47 Å². The molecule has 0 spiro atoms. The Morgan fingerprint density at radius 2 is 1.91 bits per heavy atom. The molecular formula is C16H15NO5S. The third-order valence-corrected chi connectivity index (χ3v) is 4.05. The number of nitrogens with zero attached hydrogens (tertiary/aromatic N) is 1. The number of carbonyl (C=O) groups excluding carboxylic acids is 1. The summed E-state index contributed by atoms with van der Waals surface area (Å²) in [7, 11) is 1.41. The molecule has 1 atom stereocenters. The largest absolute Gasteiger partial charge is 0.496 e. The Morgan fingerprint density at radius 1 is 1.22 bits per heavy atom. The fourth-order valence-corrected chi connectivity index (χ4v) is 2.66. The van der Waals surface area contributed by atoms with Crippen LogP contribution in [0.2, 0.25) is 0 Å². The Kier molecular flexibility index (Phi) is 5.59. The van der Waals surface area contributed by atoms with Gasteiger partial charge in [0, 0.05) is 4.90 Å². The van der Waals surface area contributed by atoms with Gasteiger partial charge in [0.1, 0.15) is 11.0 Å². The van der Waals surface area contributed by atoms with Crippen molar-refractivity contribution < 1.29 is 19.2 Å². The van der Waals surface area contributed by atoms with Gasteiger partial charge in [-0.25, -0.2) is 0 Å². The van der Waals surface area contributed by atoms with Crippen LogP contribution in [-0.4, -0.2) is 23.3 Å². The molecule has 0 aliphatic carbocycles. The first kappa shape index (κ1) is 16.8. The van der Waals surface area contributed by atoms with Crippen molar-refractivity contribution in [1.29, 1.82) is 0 Å². The summed E-state index contributed by atoms with van der Waals surface area (Å²) in [5.41, 5.74) is -0.311. The zero-order chi connectivity index (χ0) is 16.8. The quantitative estimate of drug-likeness (QED) is 0.264. The van der Waals surface area contributed by atoms with Gasteiger partial charge in [0.2, 0.25) is 5.75 Å². The average Bonchev–Trinajstić information content (AvgIpc) is 2.55. The van der Waals surface area contributed by atoms with E-state index in [2.05, 4.69) is 0 Å².